The van der Waals surface area contributed by atoms with Crippen LogP contribution in [0.4, 0.5) is 4.39 Å². The number of hydrogen-bond donors (Lipinski definition) is 0. The van der Waals surface area contributed by atoms with Crippen LogP contribution in [-0.4, -0.2) is 35.2 Å². The van der Waals surface area contributed by atoms with Crippen LogP contribution in [0.3, 0.4) is 0 Å². The van der Waals surface area contributed by atoms with Crippen LogP contribution in [0.2, 0.25) is 0 Å². The highest BCUT2D eigenvalue weighted by Crippen LogP contribution is 2.21. The van der Waals surface area contributed by atoms with Gasteiger partial charge in [-0.05, 0) is 32.0 Å². The molecule has 1 saturated heterocycles. The minimum atomic E-state index is -0.289. The maximum absolute atomic E-state index is 13.2. The van der Waals surface area contributed by atoms with Crippen molar-refractivity contribution in [1.82, 2.24) is 9.88 Å². The molecule has 1 aromatic carbocycles. The molecule has 1 fully saturated rings. The summed E-state index contributed by atoms with van der Waals surface area (Å²) in [6, 6.07) is 6.63. The molecule has 2 aromatic rings. The number of hydrogen-bond acceptors (Lipinski definition) is 4. The molecule has 4 nitrogen and oxygen atoms in total. The van der Waals surface area contributed by atoms with Gasteiger partial charge >= 0.3 is 0 Å². The fourth-order valence-corrected chi connectivity index (χ4v) is 2.53. The Labute approximate surface area is 123 Å². The molecule has 0 bridgehead atoms. The van der Waals surface area contributed by atoms with E-state index in [2.05, 4.69) is 23.7 Å². The van der Waals surface area contributed by atoms with E-state index < -0.39 is 0 Å². The maximum Gasteiger partial charge on any atom is 0.226 e. The third kappa shape index (κ3) is 3.31. The molecule has 0 saturated carbocycles. The fraction of sp³-hybridized carbons (Fsp3) is 0.438. The first kappa shape index (κ1) is 14.2. The van der Waals surface area contributed by atoms with Gasteiger partial charge in [-0.25, -0.2) is 9.37 Å². The quantitative estimate of drug-likeness (QED) is 0.870. The van der Waals surface area contributed by atoms with Gasteiger partial charge in [0.2, 0.25) is 5.89 Å². The predicted octanol–water partition coefficient (Wildman–Crippen LogP) is 3.09. The third-order valence-electron chi connectivity index (χ3n) is 3.73. The minimum Gasteiger partial charge on any atom is -0.444 e. The van der Waals surface area contributed by atoms with Gasteiger partial charge in [0, 0.05) is 24.7 Å². The van der Waals surface area contributed by atoms with Crippen LogP contribution in [0.15, 0.2) is 34.9 Å². The van der Waals surface area contributed by atoms with Crippen molar-refractivity contribution in [3.8, 4) is 11.5 Å². The lowest BCUT2D eigenvalue weighted by atomic mass is 10.2. The number of ether oxygens (including phenoxy) is 1. The van der Waals surface area contributed by atoms with Crippen LogP contribution in [0.5, 0.6) is 0 Å². The molecule has 2 atom stereocenters. The van der Waals surface area contributed by atoms with Crippen molar-refractivity contribution in [2.24, 2.45) is 0 Å². The number of oxazole rings is 1. The van der Waals surface area contributed by atoms with Gasteiger partial charge in [-0.1, -0.05) is 6.07 Å². The van der Waals surface area contributed by atoms with E-state index in [0.717, 1.165) is 18.8 Å². The molecule has 0 N–H and O–H groups in total. The number of benzene rings is 1. The zero-order valence-electron chi connectivity index (χ0n) is 12.3. The van der Waals surface area contributed by atoms with Crippen LogP contribution in [0.25, 0.3) is 11.5 Å². The molecule has 3 rings (SSSR count). The van der Waals surface area contributed by atoms with Gasteiger partial charge in [-0.2, -0.15) is 0 Å². The Morgan fingerprint density at radius 1 is 1.38 bits per heavy atom. The molecular formula is C16H19FN2O2. The lowest BCUT2D eigenvalue weighted by Crippen LogP contribution is -2.46. The van der Waals surface area contributed by atoms with E-state index in [1.54, 1.807) is 18.4 Å². The summed E-state index contributed by atoms with van der Waals surface area (Å²) in [7, 11) is 0. The summed E-state index contributed by atoms with van der Waals surface area (Å²) in [4.78, 5) is 6.78. The van der Waals surface area contributed by atoms with Crippen LogP contribution in [0.1, 0.15) is 19.5 Å². The number of rotatable bonds is 3. The first-order chi connectivity index (χ1) is 10.1. The van der Waals surface area contributed by atoms with Gasteiger partial charge < -0.3 is 9.15 Å². The van der Waals surface area contributed by atoms with Gasteiger partial charge in [0.25, 0.3) is 0 Å². The molecule has 0 amide bonds. The molecule has 1 aromatic heterocycles. The molecule has 0 aliphatic carbocycles. The van der Waals surface area contributed by atoms with Crippen molar-refractivity contribution in [2.75, 3.05) is 13.2 Å². The van der Waals surface area contributed by atoms with Crippen molar-refractivity contribution >= 4 is 0 Å². The van der Waals surface area contributed by atoms with Crippen molar-refractivity contribution in [3.05, 3.63) is 42.0 Å². The monoisotopic (exact) mass is 290 g/mol. The van der Waals surface area contributed by atoms with Crippen molar-refractivity contribution in [2.45, 2.75) is 32.5 Å². The number of halogens is 1. The Morgan fingerprint density at radius 3 is 3.05 bits per heavy atom. The van der Waals surface area contributed by atoms with E-state index in [1.807, 2.05) is 0 Å². The van der Waals surface area contributed by atoms with Gasteiger partial charge in [0.05, 0.1) is 18.4 Å². The molecular weight excluding hydrogens is 271 g/mol. The van der Waals surface area contributed by atoms with E-state index in [9.17, 15) is 4.39 Å². The van der Waals surface area contributed by atoms with Gasteiger partial charge in [0.1, 0.15) is 12.1 Å². The number of morpholine rings is 1. The van der Waals surface area contributed by atoms with E-state index in [1.165, 1.54) is 12.1 Å². The lowest BCUT2D eigenvalue weighted by Gasteiger charge is -2.36. The Kier molecular flexibility index (Phi) is 4.03. The minimum absolute atomic E-state index is 0.232. The van der Waals surface area contributed by atoms with Crippen molar-refractivity contribution in [1.29, 1.82) is 0 Å². The zero-order chi connectivity index (χ0) is 14.8. The van der Waals surface area contributed by atoms with E-state index in [-0.39, 0.29) is 11.9 Å². The normalized spacial score (nSPS) is 23.4. The Balaban J connectivity index is 1.73. The van der Waals surface area contributed by atoms with Crippen LogP contribution in [-0.2, 0) is 11.3 Å². The molecule has 21 heavy (non-hydrogen) atoms. The smallest absolute Gasteiger partial charge is 0.226 e. The second-order valence-electron chi connectivity index (χ2n) is 5.58. The molecule has 5 heteroatoms. The number of nitrogens with zero attached hydrogens (tertiary/aromatic N) is 2. The largest absolute Gasteiger partial charge is 0.444 e. The standard InChI is InChI=1S/C16H19FN2O2/c1-11-9-20-12(2)7-19(11)8-15-10-21-16(18-15)13-4-3-5-14(17)6-13/h3-6,10-12H,7-9H2,1-2H3/t11-,12+/m1/s1. The molecule has 1 aliphatic rings. The molecule has 112 valence electrons. The van der Waals surface area contributed by atoms with Crippen LogP contribution < -0.4 is 0 Å². The zero-order valence-corrected chi connectivity index (χ0v) is 12.3. The summed E-state index contributed by atoms with van der Waals surface area (Å²) >= 11 is 0. The first-order valence-corrected chi connectivity index (χ1v) is 7.18. The molecule has 0 radical (unpaired) electrons. The molecule has 0 spiro atoms. The summed E-state index contributed by atoms with van der Waals surface area (Å²) < 4.78 is 24.3. The van der Waals surface area contributed by atoms with Crippen LogP contribution in [0, 0.1) is 5.82 Å². The van der Waals surface area contributed by atoms with E-state index in [0.29, 0.717) is 24.0 Å². The van der Waals surface area contributed by atoms with Crippen molar-refractivity contribution in [3.63, 3.8) is 0 Å². The third-order valence-corrected chi connectivity index (χ3v) is 3.73. The Morgan fingerprint density at radius 2 is 2.24 bits per heavy atom. The average molecular weight is 290 g/mol. The van der Waals surface area contributed by atoms with Gasteiger partial charge in [-0.3, -0.25) is 4.90 Å². The lowest BCUT2D eigenvalue weighted by molar-refractivity contribution is -0.0530. The highest BCUT2D eigenvalue weighted by molar-refractivity contribution is 5.52. The van der Waals surface area contributed by atoms with Gasteiger partial charge in [0.15, 0.2) is 0 Å². The van der Waals surface area contributed by atoms with Gasteiger partial charge in [-0.15, -0.1) is 0 Å². The predicted molar refractivity (Wildman–Crippen MR) is 77.2 cm³/mol. The summed E-state index contributed by atoms with van der Waals surface area (Å²) in [5, 5.41) is 0. The highest BCUT2D eigenvalue weighted by Gasteiger charge is 2.24. The SMILES string of the molecule is C[C@@H]1CO[C@@H](C)CN1Cc1coc(-c2cccc(F)c2)n1. The van der Waals surface area contributed by atoms with Crippen molar-refractivity contribution < 1.29 is 13.5 Å². The Hall–Kier alpha value is -1.72. The second kappa shape index (κ2) is 5.95. The summed E-state index contributed by atoms with van der Waals surface area (Å²) in [5.74, 6) is 0.168. The molecule has 1 aliphatic heterocycles. The maximum atomic E-state index is 13.2. The fourth-order valence-electron chi connectivity index (χ4n) is 2.53. The summed E-state index contributed by atoms with van der Waals surface area (Å²) in [5.41, 5.74) is 1.51. The highest BCUT2D eigenvalue weighted by atomic mass is 19.1. The average Bonchev–Trinajstić information content (AvgIpc) is 2.91. The Bertz CT molecular complexity index is 614. The van der Waals surface area contributed by atoms with E-state index >= 15 is 0 Å². The summed E-state index contributed by atoms with van der Waals surface area (Å²) in [6.45, 7) is 6.53. The molecule has 2 heterocycles. The topological polar surface area (TPSA) is 38.5 Å². The summed E-state index contributed by atoms with van der Waals surface area (Å²) in [6.07, 6.45) is 1.88. The number of aromatic nitrogens is 1. The van der Waals surface area contributed by atoms with Crippen LogP contribution >= 0.6 is 0 Å². The first-order valence-electron chi connectivity index (χ1n) is 7.18. The van der Waals surface area contributed by atoms with E-state index in [4.69, 9.17) is 9.15 Å². The second-order valence-corrected chi connectivity index (χ2v) is 5.58. The molecule has 0 unspecified atom stereocenters.